The van der Waals surface area contributed by atoms with Crippen molar-refractivity contribution in [3.05, 3.63) is 49.2 Å². The van der Waals surface area contributed by atoms with Gasteiger partial charge in [-0.3, -0.25) is 0 Å². The molecule has 0 saturated carbocycles. The van der Waals surface area contributed by atoms with Crippen molar-refractivity contribution in [2.75, 3.05) is 0 Å². The lowest BCUT2D eigenvalue weighted by molar-refractivity contribution is 0.576. The van der Waals surface area contributed by atoms with Crippen LogP contribution < -0.4 is 0 Å². The second-order valence-electron chi connectivity index (χ2n) is 3.24. The first-order valence-electron chi connectivity index (χ1n) is 4.83. The van der Waals surface area contributed by atoms with Crippen molar-refractivity contribution >= 4 is 0 Å². The smallest absolute Gasteiger partial charge is 0.153 e. The molecule has 3 aromatic rings. The fourth-order valence-corrected chi connectivity index (χ4v) is 1.43. The predicted molar refractivity (Wildman–Crippen MR) is 57.4 cm³/mol. The maximum absolute atomic E-state index is 5.22. The van der Waals surface area contributed by atoms with Gasteiger partial charge in [-0.15, -0.1) is 0 Å². The minimum absolute atomic E-state index is 0.707. The van der Waals surface area contributed by atoms with Gasteiger partial charge in [0.2, 0.25) is 0 Å². The Morgan fingerprint density at radius 3 is 1.56 bits per heavy atom. The molecule has 4 heteroatoms. The highest BCUT2D eigenvalue weighted by molar-refractivity contribution is 5.55. The van der Waals surface area contributed by atoms with Crippen LogP contribution in [-0.2, 0) is 0 Å². The van der Waals surface area contributed by atoms with E-state index in [4.69, 9.17) is 8.83 Å². The van der Waals surface area contributed by atoms with Crippen LogP contribution in [0.5, 0.6) is 0 Å². The normalized spacial score (nSPS) is 10.5. The average molecular weight is 212 g/mol. The number of furan rings is 2. The first kappa shape index (κ1) is 8.91. The highest BCUT2D eigenvalue weighted by Gasteiger charge is 2.05. The van der Waals surface area contributed by atoms with E-state index in [1.807, 2.05) is 24.3 Å². The number of nitrogens with zero attached hydrogens (tertiary/aromatic N) is 2. The summed E-state index contributed by atoms with van der Waals surface area (Å²) in [7, 11) is 0. The van der Waals surface area contributed by atoms with Crippen molar-refractivity contribution in [3.63, 3.8) is 0 Å². The molecule has 0 aliphatic carbocycles. The van der Waals surface area contributed by atoms with Crippen LogP contribution in [0.3, 0.4) is 0 Å². The van der Waals surface area contributed by atoms with Gasteiger partial charge in [-0.05, 0) is 24.3 Å². The Balaban J connectivity index is 1.97. The van der Waals surface area contributed by atoms with E-state index >= 15 is 0 Å². The lowest BCUT2D eigenvalue weighted by atomic mass is 10.3. The number of hydrogen-bond acceptors (Lipinski definition) is 4. The third kappa shape index (κ3) is 1.50. The van der Waals surface area contributed by atoms with Crippen LogP contribution in [0.1, 0.15) is 0 Å². The summed E-state index contributed by atoms with van der Waals surface area (Å²) in [4.78, 5) is 8.52. The van der Waals surface area contributed by atoms with Crippen LogP contribution in [0.4, 0.5) is 0 Å². The molecule has 3 aromatic heterocycles. The Hall–Kier alpha value is -2.36. The summed E-state index contributed by atoms with van der Waals surface area (Å²) in [6, 6.07) is 7.32. The van der Waals surface area contributed by atoms with E-state index in [1.54, 1.807) is 24.9 Å². The van der Waals surface area contributed by atoms with E-state index in [0.717, 1.165) is 0 Å². The van der Waals surface area contributed by atoms with Gasteiger partial charge in [-0.25, -0.2) is 9.97 Å². The predicted octanol–water partition coefficient (Wildman–Crippen LogP) is 3.00. The van der Waals surface area contributed by atoms with E-state index in [2.05, 4.69) is 9.97 Å². The van der Waals surface area contributed by atoms with Crippen molar-refractivity contribution in [1.82, 2.24) is 9.97 Å². The molecule has 3 rings (SSSR count). The van der Waals surface area contributed by atoms with Crippen LogP contribution in [0.2, 0.25) is 0 Å². The molecule has 0 aliphatic heterocycles. The molecule has 0 unspecified atom stereocenters. The molecule has 0 saturated heterocycles. The van der Waals surface area contributed by atoms with Crippen LogP contribution in [0.15, 0.2) is 58.0 Å². The summed E-state index contributed by atoms with van der Waals surface area (Å²) in [5.41, 5.74) is 1.42. The Bertz CT molecular complexity index is 500. The molecule has 78 valence electrons. The molecule has 0 bridgehead atoms. The molecule has 0 radical (unpaired) electrons. The van der Waals surface area contributed by atoms with Crippen molar-refractivity contribution < 1.29 is 8.83 Å². The highest BCUT2D eigenvalue weighted by atomic mass is 16.3. The number of rotatable bonds is 2. The molecule has 16 heavy (non-hydrogen) atoms. The van der Waals surface area contributed by atoms with E-state index in [9.17, 15) is 0 Å². The zero-order valence-corrected chi connectivity index (χ0v) is 8.33. The van der Waals surface area contributed by atoms with Crippen LogP contribution in [-0.4, -0.2) is 9.97 Å². The van der Waals surface area contributed by atoms with Gasteiger partial charge in [-0.2, -0.15) is 0 Å². The minimum Gasteiger partial charge on any atom is -0.463 e. The standard InChI is InChI=1S/C12H8N2O2/c1-3-11(15-5-1)9-7-14-10(8-13-9)12-4-2-6-16-12/h1-8H. The molecular weight excluding hydrogens is 204 g/mol. The maximum Gasteiger partial charge on any atom is 0.153 e. The van der Waals surface area contributed by atoms with Gasteiger partial charge >= 0.3 is 0 Å². The Labute approximate surface area is 91.6 Å². The summed E-state index contributed by atoms with van der Waals surface area (Å²) in [5, 5.41) is 0. The molecular formula is C12H8N2O2. The van der Waals surface area contributed by atoms with Gasteiger partial charge in [0.25, 0.3) is 0 Å². The molecule has 4 nitrogen and oxygen atoms in total. The van der Waals surface area contributed by atoms with Gasteiger partial charge in [0.05, 0.1) is 24.9 Å². The highest BCUT2D eigenvalue weighted by Crippen LogP contribution is 2.20. The van der Waals surface area contributed by atoms with Crippen molar-refractivity contribution in [1.29, 1.82) is 0 Å². The molecule has 0 N–H and O–H groups in total. The van der Waals surface area contributed by atoms with Gasteiger partial charge < -0.3 is 8.83 Å². The molecule has 0 spiro atoms. The lowest BCUT2D eigenvalue weighted by Crippen LogP contribution is -1.86. The third-order valence-electron chi connectivity index (χ3n) is 2.20. The van der Waals surface area contributed by atoms with E-state index in [1.165, 1.54) is 0 Å². The second kappa shape index (κ2) is 3.66. The first-order chi connectivity index (χ1) is 7.93. The summed E-state index contributed by atoms with van der Waals surface area (Å²) in [5.74, 6) is 1.41. The SMILES string of the molecule is c1coc(-c2cnc(-c3ccco3)cn2)c1. The van der Waals surface area contributed by atoms with Gasteiger partial charge in [-0.1, -0.05) is 0 Å². The fraction of sp³-hybridized carbons (Fsp3) is 0. The number of hydrogen-bond donors (Lipinski definition) is 0. The molecule has 0 atom stereocenters. The fourth-order valence-electron chi connectivity index (χ4n) is 1.43. The molecule has 0 fully saturated rings. The third-order valence-corrected chi connectivity index (χ3v) is 2.20. The Morgan fingerprint density at radius 2 is 1.25 bits per heavy atom. The summed E-state index contributed by atoms with van der Waals surface area (Å²) in [6.07, 6.45) is 6.54. The summed E-state index contributed by atoms with van der Waals surface area (Å²) >= 11 is 0. The quantitative estimate of drug-likeness (QED) is 0.655. The Kier molecular flexibility index (Phi) is 2.04. The monoisotopic (exact) mass is 212 g/mol. The van der Waals surface area contributed by atoms with Gasteiger partial charge in [0.1, 0.15) is 11.4 Å². The Morgan fingerprint density at radius 1 is 0.750 bits per heavy atom. The zero-order valence-electron chi connectivity index (χ0n) is 8.33. The maximum atomic E-state index is 5.22. The van der Waals surface area contributed by atoms with Crippen LogP contribution in [0.25, 0.3) is 22.9 Å². The second-order valence-corrected chi connectivity index (χ2v) is 3.24. The van der Waals surface area contributed by atoms with Crippen molar-refractivity contribution in [3.8, 4) is 22.9 Å². The average Bonchev–Trinajstić information content (AvgIpc) is 3.03. The zero-order chi connectivity index (χ0) is 10.8. The molecule has 3 heterocycles. The van der Waals surface area contributed by atoms with E-state index in [0.29, 0.717) is 22.9 Å². The van der Waals surface area contributed by atoms with Crippen LogP contribution in [0, 0.1) is 0 Å². The van der Waals surface area contributed by atoms with Crippen molar-refractivity contribution in [2.24, 2.45) is 0 Å². The largest absolute Gasteiger partial charge is 0.463 e. The van der Waals surface area contributed by atoms with Crippen LogP contribution >= 0.6 is 0 Å². The summed E-state index contributed by atoms with van der Waals surface area (Å²) in [6.45, 7) is 0. The molecule has 0 aliphatic rings. The van der Waals surface area contributed by atoms with Crippen molar-refractivity contribution in [2.45, 2.75) is 0 Å². The lowest BCUT2D eigenvalue weighted by Gasteiger charge is -1.97. The minimum atomic E-state index is 0.707. The first-order valence-corrected chi connectivity index (χ1v) is 4.83. The topological polar surface area (TPSA) is 52.1 Å². The number of aromatic nitrogens is 2. The van der Waals surface area contributed by atoms with E-state index < -0.39 is 0 Å². The molecule has 0 amide bonds. The molecule has 0 aromatic carbocycles. The summed E-state index contributed by atoms with van der Waals surface area (Å²) < 4.78 is 10.4. The van der Waals surface area contributed by atoms with Gasteiger partial charge in [0.15, 0.2) is 11.5 Å². The van der Waals surface area contributed by atoms with Gasteiger partial charge in [0, 0.05) is 0 Å². The van der Waals surface area contributed by atoms with E-state index in [-0.39, 0.29) is 0 Å².